The first-order valence-corrected chi connectivity index (χ1v) is 18.4. The largest absolute Gasteiger partial charge is 1.00 e. The van der Waals surface area contributed by atoms with E-state index < -0.39 is 69.5 Å². The predicted molar refractivity (Wildman–Crippen MR) is 204 cm³/mol. The first-order chi connectivity index (χ1) is 25.7. The number of hydrogen-bond donors (Lipinski definition) is 2. The molecule has 2 saturated carbocycles. The van der Waals surface area contributed by atoms with Crippen LogP contribution in [0, 0.1) is 35.1 Å². The second-order valence-corrected chi connectivity index (χ2v) is 16.5. The summed E-state index contributed by atoms with van der Waals surface area (Å²) in [7, 11) is 2.25. The number of likely N-dealkylation sites (tertiary alicyclic amines) is 2. The number of esters is 1. The molecule has 5 fully saturated rings. The molecular formula is C40H58BClF4LiN2NaO9. The minimum Gasteiger partial charge on any atom is -1.00 e. The molecule has 6 unspecified atom stereocenters. The number of aliphatic hydroxyl groups excluding tert-OH is 2. The molecule has 3 heterocycles. The fourth-order valence-electron chi connectivity index (χ4n) is 7.90. The molecule has 322 valence electrons. The zero-order chi connectivity index (χ0) is 41.1. The van der Waals surface area contributed by atoms with Gasteiger partial charge in [0, 0.05) is 62.3 Å². The fraction of sp³-hybridized carbons (Fsp3) is 0.625. The number of methoxy groups -OCH3 is 1. The van der Waals surface area contributed by atoms with Gasteiger partial charge >= 0.3 is 66.6 Å². The first-order valence-electron chi connectivity index (χ1n) is 18.4. The molecule has 0 aromatic heterocycles. The van der Waals surface area contributed by atoms with Crippen LogP contribution in [0.1, 0.15) is 78.4 Å². The molecular weight excluding hydrogens is 805 g/mol. The van der Waals surface area contributed by atoms with Gasteiger partial charge in [0.05, 0.1) is 19.8 Å². The van der Waals surface area contributed by atoms with Gasteiger partial charge in [-0.3, -0.25) is 4.90 Å². The smallest absolute Gasteiger partial charge is 1.00 e. The minimum absolute atomic E-state index is 0. The van der Waals surface area contributed by atoms with Crippen molar-refractivity contribution in [3.05, 3.63) is 70.8 Å². The van der Waals surface area contributed by atoms with Crippen LogP contribution in [0.3, 0.4) is 0 Å². The minimum atomic E-state index is -0.814. The van der Waals surface area contributed by atoms with Crippen molar-refractivity contribution in [1.82, 2.24) is 9.80 Å². The number of nitrogens with zero attached hydrogens (tertiary/aromatic N) is 2. The van der Waals surface area contributed by atoms with Crippen LogP contribution >= 0.6 is 0 Å². The maximum absolute atomic E-state index is 13.6. The number of rotatable bonds is 4. The third-order valence-corrected chi connectivity index (χ3v) is 10.3. The Labute approximate surface area is 387 Å². The molecule has 2 aliphatic carbocycles. The molecule has 59 heavy (non-hydrogen) atoms. The molecule has 3 aliphatic heterocycles. The standard InChI is InChI=1S/C18H21F2NO4.C17H21F2NO3.C4H8O.CH4O.BH4.ClH.Li.Na/c1-17(2,3)25-16(23)21-9-18(8-13(18)14(21)15(22)24-4)10-5-11(19)7-12(20)6-10;1-16(2,3)23-15(22)20-9-17(7-13(17)14(20)8-21)10-4-11(18)6-12(19)5-10;1-2-4-5-3-1;1-2;;;;/h5-7,13-14H,8-9H2,1-4H3;4-6,13-14,21H,7-9H2,1-3H3;1-4H2;2H,1H3;1H4;1H;;/q;;;;-1;;2*+1/p-1. The Balaban J connectivity index is 0.000000927. The van der Waals surface area contributed by atoms with E-state index in [1.54, 1.807) is 41.5 Å². The summed E-state index contributed by atoms with van der Waals surface area (Å²) in [6.07, 6.45) is 2.70. The number of carbonyl (C=O) groups excluding carboxylic acids is 3. The van der Waals surface area contributed by atoms with Crippen LogP contribution in [0.25, 0.3) is 0 Å². The van der Waals surface area contributed by atoms with Crippen LogP contribution in [0.5, 0.6) is 0 Å². The third kappa shape index (κ3) is 13.7. The van der Waals surface area contributed by atoms with Crippen molar-refractivity contribution in [1.29, 1.82) is 0 Å². The van der Waals surface area contributed by atoms with Gasteiger partial charge in [-0.25, -0.2) is 31.9 Å². The van der Waals surface area contributed by atoms with E-state index in [1.165, 1.54) is 54.0 Å². The van der Waals surface area contributed by atoms with Crippen LogP contribution < -0.4 is 60.8 Å². The Morgan fingerprint density at radius 3 is 1.47 bits per heavy atom. The summed E-state index contributed by atoms with van der Waals surface area (Å²) in [6.45, 7) is 12.8. The molecule has 11 nitrogen and oxygen atoms in total. The molecule has 2 amide bonds. The van der Waals surface area contributed by atoms with Gasteiger partial charge in [0.15, 0.2) is 0 Å². The second kappa shape index (κ2) is 22.9. The molecule has 19 heteroatoms. The van der Waals surface area contributed by atoms with Gasteiger partial charge in [-0.2, -0.15) is 0 Å². The summed E-state index contributed by atoms with van der Waals surface area (Å²) in [6, 6.07) is 5.60. The van der Waals surface area contributed by atoms with E-state index in [-0.39, 0.29) is 100 Å². The van der Waals surface area contributed by atoms with Gasteiger partial charge in [0.1, 0.15) is 40.5 Å². The predicted octanol–water partition coefficient (Wildman–Crippen LogP) is -4.19. The maximum atomic E-state index is 13.6. The van der Waals surface area contributed by atoms with E-state index >= 15 is 0 Å². The molecule has 2 aromatic rings. The summed E-state index contributed by atoms with van der Waals surface area (Å²) in [5, 5.41) is 16.7. The van der Waals surface area contributed by atoms with E-state index in [1.807, 2.05) is 0 Å². The number of benzene rings is 2. The van der Waals surface area contributed by atoms with E-state index in [4.69, 9.17) is 24.1 Å². The summed E-state index contributed by atoms with van der Waals surface area (Å²) in [5.74, 6) is -3.41. The van der Waals surface area contributed by atoms with Gasteiger partial charge in [-0.05, 0) is 109 Å². The van der Waals surface area contributed by atoms with Crippen molar-refractivity contribution in [2.75, 3.05) is 47.1 Å². The third-order valence-electron chi connectivity index (χ3n) is 10.3. The second-order valence-electron chi connectivity index (χ2n) is 16.5. The number of halogens is 5. The van der Waals surface area contributed by atoms with E-state index in [0.717, 1.165) is 32.5 Å². The number of amides is 2. The monoisotopic (exact) mass is 862 g/mol. The molecule has 2 N–H and O–H groups in total. The maximum Gasteiger partial charge on any atom is 1.00 e. The van der Waals surface area contributed by atoms with Crippen molar-refractivity contribution >= 4 is 26.6 Å². The number of carbonyl (C=O) groups is 3. The zero-order valence-electron chi connectivity index (χ0n) is 35.2. The SMILES string of the molecule is C1CCOC1.CC(C)(C)OC(=O)N1CC2(c3cc(F)cc(F)c3)CC2C1CO.CO.COC(=O)C1C2CC2(c2cc(F)cc(F)c2)CN1C(=O)OC(C)(C)C.[BH4-].[Cl-].[Li+].[Na+]. The van der Waals surface area contributed by atoms with E-state index in [2.05, 4.69) is 0 Å². The Morgan fingerprint density at radius 1 is 0.746 bits per heavy atom. The number of fused-ring (bicyclic) bond motifs is 2. The average Bonchev–Trinajstić information content (AvgIpc) is 3.72. The van der Waals surface area contributed by atoms with Gasteiger partial charge in [0.2, 0.25) is 0 Å². The molecule has 2 aromatic carbocycles. The summed E-state index contributed by atoms with van der Waals surface area (Å²) in [5.41, 5.74) is -1.48. The Bertz CT molecular complexity index is 1680. The van der Waals surface area contributed by atoms with E-state index in [9.17, 15) is 37.1 Å². The van der Waals surface area contributed by atoms with Gasteiger partial charge < -0.3 is 46.5 Å². The summed E-state index contributed by atoms with van der Waals surface area (Å²) in [4.78, 5) is 39.9. The molecule has 6 atom stereocenters. The van der Waals surface area contributed by atoms with Crippen molar-refractivity contribution in [3.8, 4) is 0 Å². The van der Waals surface area contributed by atoms with Crippen molar-refractivity contribution in [3.63, 3.8) is 0 Å². The van der Waals surface area contributed by atoms with Crippen LogP contribution in [-0.4, -0.2) is 117 Å². The number of piperidine rings is 2. The first kappa shape index (κ1) is 57.0. The Hall–Kier alpha value is -2.00. The van der Waals surface area contributed by atoms with Crippen LogP contribution in [0.2, 0.25) is 0 Å². The fourth-order valence-corrected chi connectivity index (χ4v) is 7.90. The van der Waals surface area contributed by atoms with Gasteiger partial charge in [0.25, 0.3) is 0 Å². The van der Waals surface area contributed by atoms with Gasteiger partial charge in [-0.15, -0.1) is 0 Å². The molecule has 0 spiro atoms. The summed E-state index contributed by atoms with van der Waals surface area (Å²) >= 11 is 0. The topological polar surface area (TPSA) is 135 Å². The van der Waals surface area contributed by atoms with Crippen LogP contribution in [-0.2, 0) is 34.6 Å². The molecule has 0 radical (unpaired) electrons. The summed E-state index contributed by atoms with van der Waals surface area (Å²) < 4.78 is 74.9. The molecule has 5 aliphatic rings. The van der Waals surface area contributed by atoms with Crippen LogP contribution in [0.4, 0.5) is 27.2 Å². The molecule has 3 saturated heterocycles. The van der Waals surface area contributed by atoms with Gasteiger partial charge in [-0.1, -0.05) is 8.41 Å². The average molecular weight is 863 g/mol. The van der Waals surface area contributed by atoms with Crippen molar-refractivity contribution < 1.29 is 122 Å². The van der Waals surface area contributed by atoms with Crippen molar-refractivity contribution in [2.45, 2.75) is 101 Å². The number of aliphatic hydroxyl groups is 2. The quantitative estimate of drug-likeness (QED) is 0.136. The number of ether oxygens (including phenoxy) is 4. The zero-order valence-corrected chi connectivity index (χ0v) is 37.9. The number of hydrogen-bond acceptors (Lipinski definition) is 9. The van der Waals surface area contributed by atoms with Crippen LogP contribution in [0.15, 0.2) is 36.4 Å². The Kier molecular flexibility index (Phi) is 22.1. The normalized spacial score (nSPS) is 25.3. The van der Waals surface area contributed by atoms with Crippen molar-refractivity contribution in [2.24, 2.45) is 11.8 Å². The molecule has 0 bridgehead atoms. The Morgan fingerprint density at radius 2 is 1.12 bits per heavy atom. The molecule has 7 rings (SSSR count). The van der Waals surface area contributed by atoms with E-state index in [0.29, 0.717) is 30.5 Å².